The summed E-state index contributed by atoms with van der Waals surface area (Å²) in [5.41, 5.74) is 5.37. The lowest BCUT2D eigenvalue weighted by Gasteiger charge is -2.18. The summed E-state index contributed by atoms with van der Waals surface area (Å²) in [5.74, 6) is 1.10. The molecule has 1 aromatic heterocycles. The minimum absolute atomic E-state index is 0.131. The molecule has 0 unspecified atom stereocenters. The van der Waals surface area contributed by atoms with Crippen LogP contribution in [0.3, 0.4) is 0 Å². The molecular formula is C23H25N3O. The van der Waals surface area contributed by atoms with Crippen molar-refractivity contribution in [3.05, 3.63) is 83.3 Å². The van der Waals surface area contributed by atoms with Gasteiger partial charge in [0.2, 0.25) is 0 Å². The third-order valence-corrected chi connectivity index (χ3v) is 4.64. The Bertz CT molecular complexity index is 918. The number of nitrogens with one attached hydrogen (secondary N) is 1. The van der Waals surface area contributed by atoms with Crippen LogP contribution in [0, 0.1) is 0 Å². The monoisotopic (exact) mass is 359 g/mol. The molecule has 1 atom stereocenters. The highest BCUT2D eigenvalue weighted by Gasteiger charge is 2.12. The summed E-state index contributed by atoms with van der Waals surface area (Å²) in [4.78, 5) is 8.97. The van der Waals surface area contributed by atoms with Crippen LogP contribution >= 0.6 is 0 Å². The van der Waals surface area contributed by atoms with Gasteiger partial charge < -0.3 is 10.4 Å². The second-order valence-electron chi connectivity index (χ2n) is 6.59. The number of aryl methyl sites for hydroxylation is 1. The molecule has 0 spiro atoms. The zero-order chi connectivity index (χ0) is 19.2. The number of phenolic OH excluding ortho intramolecular Hbond substituents is 1. The SMILES string of the molecule is CCc1ncnc(N[C@@H](C)c2ccccc2)c1/C=C(\C)c1ccc(O)cc1. The Hall–Kier alpha value is -3.14. The van der Waals surface area contributed by atoms with Crippen molar-refractivity contribution in [2.24, 2.45) is 0 Å². The summed E-state index contributed by atoms with van der Waals surface area (Å²) >= 11 is 0. The highest BCUT2D eigenvalue weighted by atomic mass is 16.3. The maximum atomic E-state index is 9.51. The molecule has 0 aliphatic carbocycles. The fourth-order valence-electron chi connectivity index (χ4n) is 3.03. The van der Waals surface area contributed by atoms with Crippen molar-refractivity contribution in [3.63, 3.8) is 0 Å². The van der Waals surface area contributed by atoms with Gasteiger partial charge in [0.15, 0.2) is 0 Å². The largest absolute Gasteiger partial charge is 0.508 e. The van der Waals surface area contributed by atoms with E-state index in [4.69, 9.17) is 0 Å². The molecule has 27 heavy (non-hydrogen) atoms. The molecule has 1 heterocycles. The highest BCUT2D eigenvalue weighted by molar-refractivity contribution is 5.84. The summed E-state index contributed by atoms with van der Waals surface area (Å²) in [7, 11) is 0. The Morgan fingerprint density at radius 2 is 1.78 bits per heavy atom. The van der Waals surface area contributed by atoms with E-state index in [0.717, 1.165) is 34.6 Å². The first-order valence-corrected chi connectivity index (χ1v) is 9.21. The zero-order valence-electron chi connectivity index (χ0n) is 16.0. The standard InChI is InChI=1S/C23H25N3O/c1-4-22-21(14-16(2)18-10-12-20(27)13-11-18)23(25-15-24-22)26-17(3)19-8-6-5-7-9-19/h5-15,17,27H,4H2,1-3H3,(H,24,25,26)/b16-14+/t17-/m0/s1. The van der Waals surface area contributed by atoms with Crippen LogP contribution in [0.15, 0.2) is 60.9 Å². The van der Waals surface area contributed by atoms with Crippen molar-refractivity contribution < 1.29 is 5.11 Å². The van der Waals surface area contributed by atoms with E-state index in [2.05, 4.69) is 54.3 Å². The summed E-state index contributed by atoms with van der Waals surface area (Å²) < 4.78 is 0. The first-order chi connectivity index (χ1) is 13.1. The molecule has 2 aromatic carbocycles. The maximum absolute atomic E-state index is 9.51. The van der Waals surface area contributed by atoms with Gasteiger partial charge in [-0.25, -0.2) is 9.97 Å². The third-order valence-electron chi connectivity index (χ3n) is 4.64. The van der Waals surface area contributed by atoms with Gasteiger partial charge in [0, 0.05) is 11.6 Å². The van der Waals surface area contributed by atoms with Crippen LogP contribution in [0.5, 0.6) is 5.75 Å². The van der Waals surface area contributed by atoms with Crippen molar-refractivity contribution in [2.45, 2.75) is 33.2 Å². The Labute approximate surface area is 160 Å². The van der Waals surface area contributed by atoms with Crippen molar-refractivity contribution in [2.75, 3.05) is 5.32 Å². The molecular weight excluding hydrogens is 334 g/mol. The zero-order valence-corrected chi connectivity index (χ0v) is 16.0. The molecule has 4 heteroatoms. The van der Waals surface area contributed by atoms with Crippen LogP contribution in [-0.2, 0) is 6.42 Å². The van der Waals surface area contributed by atoms with E-state index in [-0.39, 0.29) is 11.8 Å². The van der Waals surface area contributed by atoms with Gasteiger partial charge in [0.25, 0.3) is 0 Å². The lowest BCUT2D eigenvalue weighted by atomic mass is 10.0. The molecule has 0 saturated heterocycles. The van der Waals surface area contributed by atoms with E-state index >= 15 is 0 Å². The minimum atomic E-state index is 0.131. The predicted molar refractivity (Wildman–Crippen MR) is 112 cm³/mol. The maximum Gasteiger partial charge on any atom is 0.137 e. The number of nitrogens with zero attached hydrogens (tertiary/aromatic N) is 2. The van der Waals surface area contributed by atoms with Crippen molar-refractivity contribution in [1.29, 1.82) is 0 Å². The number of aromatic hydroxyl groups is 1. The minimum Gasteiger partial charge on any atom is -0.508 e. The van der Waals surface area contributed by atoms with E-state index in [1.165, 1.54) is 5.56 Å². The predicted octanol–water partition coefficient (Wildman–Crippen LogP) is 5.48. The fourth-order valence-corrected chi connectivity index (χ4v) is 3.03. The molecule has 0 fully saturated rings. The van der Waals surface area contributed by atoms with Gasteiger partial charge in [-0.15, -0.1) is 0 Å². The quantitative estimate of drug-likeness (QED) is 0.612. The molecule has 4 nitrogen and oxygen atoms in total. The Morgan fingerprint density at radius 1 is 1.07 bits per heavy atom. The van der Waals surface area contributed by atoms with Crippen LogP contribution in [0.25, 0.3) is 11.6 Å². The number of benzene rings is 2. The first kappa shape index (κ1) is 18.6. The van der Waals surface area contributed by atoms with Crippen molar-refractivity contribution in [1.82, 2.24) is 9.97 Å². The number of rotatable bonds is 6. The Balaban J connectivity index is 1.96. The second-order valence-corrected chi connectivity index (χ2v) is 6.59. The highest BCUT2D eigenvalue weighted by Crippen LogP contribution is 2.27. The van der Waals surface area contributed by atoms with Crippen LogP contribution in [0.2, 0.25) is 0 Å². The van der Waals surface area contributed by atoms with Gasteiger partial charge in [-0.2, -0.15) is 0 Å². The Morgan fingerprint density at radius 3 is 2.44 bits per heavy atom. The van der Waals surface area contributed by atoms with Gasteiger partial charge in [-0.3, -0.25) is 0 Å². The van der Waals surface area contributed by atoms with Gasteiger partial charge in [0.05, 0.1) is 5.69 Å². The van der Waals surface area contributed by atoms with Crippen molar-refractivity contribution in [3.8, 4) is 5.75 Å². The summed E-state index contributed by atoms with van der Waals surface area (Å²) in [6, 6.07) is 17.7. The van der Waals surface area contributed by atoms with Crippen LogP contribution in [0.1, 0.15) is 49.2 Å². The number of allylic oxidation sites excluding steroid dienone is 1. The van der Waals surface area contributed by atoms with Gasteiger partial charge in [-0.05, 0) is 55.2 Å². The lowest BCUT2D eigenvalue weighted by Crippen LogP contribution is -2.11. The van der Waals surface area contributed by atoms with Gasteiger partial charge in [-0.1, -0.05) is 49.4 Å². The second kappa shape index (κ2) is 8.49. The number of anilines is 1. The molecule has 2 N–H and O–H groups in total. The Kier molecular flexibility index (Phi) is 5.87. The number of hydrogen-bond acceptors (Lipinski definition) is 4. The average molecular weight is 359 g/mol. The smallest absolute Gasteiger partial charge is 0.137 e. The normalized spacial score (nSPS) is 12.6. The lowest BCUT2D eigenvalue weighted by molar-refractivity contribution is 0.475. The van der Waals surface area contributed by atoms with Crippen molar-refractivity contribution >= 4 is 17.5 Å². The van der Waals surface area contributed by atoms with Crippen LogP contribution in [0.4, 0.5) is 5.82 Å². The fraction of sp³-hybridized carbons (Fsp3) is 0.217. The molecule has 0 aliphatic heterocycles. The van der Waals surface area contributed by atoms with E-state index in [0.29, 0.717) is 0 Å². The summed E-state index contributed by atoms with van der Waals surface area (Å²) in [6.07, 6.45) is 4.56. The molecule has 3 aromatic rings. The van der Waals surface area contributed by atoms with Gasteiger partial charge in [0.1, 0.15) is 17.9 Å². The van der Waals surface area contributed by atoms with E-state index in [1.54, 1.807) is 18.5 Å². The average Bonchev–Trinajstić information content (AvgIpc) is 2.70. The molecule has 0 radical (unpaired) electrons. The van der Waals surface area contributed by atoms with Crippen LogP contribution in [-0.4, -0.2) is 15.1 Å². The van der Waals surface area contributed by atoms with E-state index in [1.807, 2.05) is 30.3 Å². The molecule has 0 aliphatic rings. The van der Waals surface area contributed by atoms with Crippen LogP contribution < -0.4 is 5.32 Å². The topological polar surface area (TPSA) is 58.0 Å². The number of phenols is 1. The first-order valence-electron chi connectivity index (χ1n) is 9.21. The number of aromatic nitrogens is 2. The number of hydrogen-bond donors (Lipinski definition) is 2. The molecule has 0 bridgehead atoms. The molecule has 0 saturated carbocycles. The molecule has 0 amide bonds. The van der Waals surface area contributed by atoms with E-state index in [9.17, 15) is 5.11 Å². The van der Waals surface area contributed by atoms with Gasteiger partial charge >= 0.3 is 0 Å². The van der Waals surface area contributed by atoms with E-state index < -0.39 is 0 Å². The molecule has 3 rings (SSSR count). The summed E-state index contributed by atoms with van der Waals surface area (Å²) in [6.45, 7) is 6.28. The molecule has 138 valence electrons. The summed E-state index contributed by atoms with van der Waals surface area (Å²) in [5, 5.41) is 13.0. The third kappa shape index (κ3) is 4.53.